The lowest BCUT2D eigenvalue weighted by Gasteiger charge is -2.32. The summed E-state index contributed by atoms with van der Waals surface area (Å²) in [5, 5.41) is 13.5. The van der Waals surface area contributed by atoms with Crippen LogP contribution in [0.2, 0.25) is 0 Å². The Labute approximate surface area is 185 Å². The highest BCUT2D eigenvalue weighted by Crippen LogP contribution is 2.34. The molecule has 9 nitrogen and oxygen atoms in total. The normalized spacial score (nSPS) is 16.4. The summed E-state index contributed by atoms with van der Waals surface area (Å²) in [7, 11) is 1.72. The van der Waals surface area contributed by atoms with E-state index >= 15 is 0 Å². The Kier molecular flexibility index (Phi) is 7.93. The molecule has 1 aromatic carbocycles. The molecule has 1 fully saturated rings. The molecule has 0 bridgehead atoms. The molecule has 32 heavy (non-hydrogen) atoms. The highest BCUT2D eigenvalue weighted by molar-refractivity contribution is 5.62. The molecule has 2 aromatic heterocycles. The predicted molar refractivity (Wildman–Crippen MR) is 118 cm³/mol. The molecule has 1 aliphatic heterocycles. The molecular weight excluding hydrogens is 415 g/mol. The third-order valence-corrected chi connectivity index (χ3v) is 5.88. The van der Waals surface area contributed by atoms with Crippen molar-refractivity contribution in [3.05, 3.63) is 58.4 Å². The van der Waals surface area contributed by atoms with Gasteiger partial charge >= 0.3 is 5.69 Å². The number of H-pyrrole nitrogens is 1. The first-order chi connectivity index (χ1) is 15.5. The fraction of sp³-hybridized carbons (Fsp3) is 0.455. The number of imidazole rings is 1. The van der Waals surface area contributed by atoms with E-state index in [1.807, 2.05) is 6.33 Å². The predicted octanol–water partition coefficient (Wildman–Crippen LogP) is 2.25. The van der Waals surface area contributed by atoms with Crippen LogP contribution >= 0.6 is 0 Å². The Hall–Kier alpha value is -3.27. The van der Waals surface area contributed by atoms with Crippen molar-refractivity contribution in [3.8, 4) is 11.3 Å². The molecule has 1 aliphatic rings. The van der Waals surface area contributed by atoms with Gasteiger partial charge in [-0.2, -0.15) is 5.10 Å². The molecule has 0 saturated carbocycles. The summed E-state index contributed by atoms with van der Waals surface area (Å²) in [6.45, 7) is 5.79. The van der Waals surface area contributed by atoms with Gasteiger partial charge in [-0.15, -0.1) is 0 Å². The average molecular weight is 445 g/mol. The number of halogens is 1. The molecule has 0 spiro atoms. The van der Waals surface area contributed by atoms with Gasteiger partial charge in [0.25, 0.3) is 6.47 Å². The summed E-state index contributed by atoms with van der Waals surface area (Å²) in [4.78, 5) is 27.2. The number of hydrogen-bond donors (Lipinski definition) is 2. The first-order valence-corrected chi connectivity index (χ1v) is 10.7. The van der Waals surface area contributed by atoms with Crippen molar-refractivity contribution in [2.75, 3.05) is 19.6 Å². The highest BCUT2D eigenvalue weighted by atomic mass is 19.1. The van der Waals surface area contributed by atoms with Crippen LogP contribution in [0.3, 0.4) is 0 Å². The summed E-state index contributed by atoms with van der Waals surface area (Å²) in [6, 6.07) is 6.56. The lowest BCUT2D eigenvalue weighted by atomic mass is 9.91. The van der Waals surface area contributed by atoms with Crippen molar-refractivity contribution < 1.29 is 14.3 Å². The molecule has 3 heterocycles. The fourth-order valence-corrected chi connectivity index (χ4v) is 4.22. The Balaban J connectivity index is 0.000000913. The van der Waals surface area contributed by atoms with Gasteiger partial charge in [-0.25, -0.2) is 19.3 Å². The molecule has 0 aliphatic carbocycles. The van der Waals surface area contributed by atoms with Crippen LogP contribution < -0.4 is 5.69 Å². The first kappa shape index (κ1) is 23.4. The third-order valence-electron chi connectivity index (χ3n) is 5.88. The van der Waals surface area contributed by atoms with Gasteiger partial charge in [-0.3, -0.25) is 9.36 Å². The summed E-state index contributed by atoms with van der Waals surface area (Å²) >= 11 is 0. The van der Waals surface area contributed by atoms with E-state index in [2.05, 4.69) is 26.6 Å². The molecule has 0 amide bonds. The van der Waals surface area contributed by atoms with Gasteiger partial charge in [0.2, 0.25) is 0 Å². The lowest BCUT2D eigenvalue weighted by Crippen LogP contribution is -2.35. The second kappa shape index (κ2) is 10.9. The second-order valence-electron chi connectivity index (χ2n) is 7.77. The number of carbonyl (C=O) groups is 1. The molecule has 1 unspecified atom stereocenters. The van der Waals surface area contributed by atoms with Crippen LogP contribution in [0.5, 0.6) is 0 Å². The zero-order valence-corrected chi connectivity index (χ0v) is 18.4. The molecule has 172 valence electrons. The number of piperidine rings is 1. The summed E-state index contributed by atoms with van der Waals surface area (Å²) in [5.74, 6) is 0.843. The van der Waals surface area contributed by atoms with Crippen LogP contribution in [-0.2, 0) is 24.8 Å². The van der Waals surface area contributed by atoms with Gasteiger partial charge in [0.05, 0.1) is 12.0 Å². The molecule has 0 radical (unpaired) electrons. The number of carboxylic acid groups (broad SMARTS) is 1. The van der Waals surface area contributed by atoms with E-state index in [0.29, 0.717) is 18.9 Å². The third kappa shape index (κ3) is 5.31. The molecule has 4 rings (SSSR count). The van der Waals surface area contributed by atoms with E-state index in [1.54, 1.807) is 19.2 Å². The van der Waals surface area contributed by atoms with Gasteiger partial charge < -0.3 is 14.6 Å². The topological polar surface area (TPSA) is 109 Å². The van der Waals surface area contributed by atoms with E-state index in [0.717, 1.165) is 49.6 Å². The Morgan fingerprint density at radius 2 is 2.03 bits per heavy atom. The van der Waals surface area contributed by atoms with Gasteiger partial charge in [0.1, 0.15) is 11.6 Å². The zero-order valence-electron chi connectivity index (χ0n) is 18.4. The number of likely N-dealkylation sites (tertiary alicyclic amines) is 1. The van der Waals surface area contributed by atoms with Crippen LogP contribution in [0.25, 0.3) is 11.3 Å². The van der Waals surface area contributed by atoms with Crippen molar-refractivity contribution in [1.82, 2.24) is 29.2 Å². The summed E-state index contributed by atoms with van der Waals surface area (Å²) < 4.78 is 17.2. The molecule has 10 heteroatoms. The number of aromatic amines is 1. The number of aryl methyl sites for hydroxylation is 2. The van der Waals surface area contributed by atoms with Crippen LogP contribution in [0.15, 0.2) is 35.4 Å². The SMILES string of the molecule is CCN1CCCC(c2c(-c3ccc(F)cc3)ncn2CCc2n[nH]c(=O)n2C)C1.O=CO. The quantitative estimate of drug-likeness (QED) is 0.565. The van der Waals surface area contributed by atoms with Gasteiger partial charge in [-0.05, 0) is 50.2 Å². The number of rotatable bonds is 6. The maximum atomic E-state index is 13.4. The highest BCUT2D eigenvalue weighted by Gasteiger charge is 2.27. The van der Waals surface area contributed by atoms with Crippen molar-refractivity contribution in [1.29, 1.82) is 0 Å². The van der Waals surface area contributed by atoms with Crippen molar-refractivity contribution >= 4 is 6.47 Å². The number of benzene rings is 1. The summed E-state index contributed by atoms with van der Waals surface area (Å²) in [5.41, 5.74) is 2.84. The van der Waals surface area contributed by atoms with Crippen LogP contribution in [0.1, 0.15) is 37.2 Å². The minimum Gasteiger partial charge on any atom is -0.483 e. The van der Waals surface area contributed by atoms with E-state index in [9.17, 15) is 9.18 Å². The average Bonchev–Trinajstić information content (AvgIpc) is 3.37. The van der Waals surface area contributed by atoms with Gasteiger partial charge in [-0.1, -0.05) is 6.92 Å². The van der Waals surface area contributed by atoms with Crippen molar-refractivity contribution in [2.24, 2.45) is 7.05 Å². The van der Waals surface area contributed by atoms with E-state index in [1.165, 1.54) is 22.4 Å². The fourth-order valence-electron chi connectivity index (χ4n) is 4.22. The largest absolute Gasteiger partial charge is 0.483 e. The monoisotopic (exact) mass is 444 g/mol. The van der Waals surface area contributed by atoms with Crippen molar-refractivity contribution in [3.63, 3.8) is 0 Å². The molecule has 1 atom stereocenters. The Morgan fingerprint density at radius 3 is 2.66 bits per heavy atom. The van der Waals surface area contributed by atoms with E-state index in [-0.39, 0.29) is 18.0 Å². The van der Waals surface area contributed by atoms with Crippen LogP contribution in [-0.4, -0.2) is 60.4 Å². The number of likely N-dealkylation sites (N-methyl/N-ethyl adjacent to an activating group) is 1. The molecule has 1 saturated heterocycles. The lowest BCUT2D eigenvalue weighted by molar-refractivity contribution is -0.122. The zero-order chi connectivity index (χ0) is 23.1. The molecule has 2 N–H and O–H groups in total. The Bertz CT molecular complexity index is 1070. The maximum Gasteiger partial charge on any atom is 0.343 e. The minimum absolute atomic E-state index is 0.205. The first-order valence-electron chi connectivity index (χ1n) is 10.7. The standard InChI is InChI=1S/C21H27FN6O.CH2O2/c1-3-27-11-4-5-16(13-27)20-19(15-6-8-17(22)9-7-15)23-14-28(20)12-10-18-24-25-21(29)26(18)2;2-1-3/h6-9,14,16H,3-5,10-13H2,1-2H3,(H,25,29);1H,(H,2,3). The number of hydrogen-bond acceptors (Lipinski definition) is 5. The van der Waals surface area contributed by atoms with Crippen molar-refractivity contribution in [2.45, 2.75) is 38.6 Å². The maximum absolute atomic E-state index is 13.4. The van der Waals surface area contributed by atoms with E-state index in [4.69, 9.17) is 14.9 Å². The van der Waals surface area contributed by atoms with Gasteiger partial charge in [0.15, 0.2) is 0 Å². The van der Waals surface area contributed by atoms with Crippen LogP contribution in [0.4, 0.5) is 4.39 Å². The van der Waals surface area contributed by atoms with Gasteiger partial charge in [0, 0.05) is 43.7 Å². The number of nitrogens with zero attached hydrogens (tertiary/aromatic N) is 5. The minimum atomic E-state index is -0.250. The Morgan fingerprint density at radius 1 is 1.31 bits per heavy atom. The number of aromatic nitrogens is 5. The smallest absolute Gasteiger partial charge is 0.343 e. The molecule has 3 aromatic rings. The molecular formula is C22H29FN6O3. The number of nitrogens with one attached hydrogen (secondary N) is 1. The second-order valence-corrected chi connectivity index (χ2v) is 7.77. The summed E-state index contributed by atoms with van der Waals surface area (Å²) in [6.07, 6.45) is 4.76. The van der Waals surface area contributed by atoms with Crippen LogP contribution in [0, 0.1) is 5.82 Å². The van der Waals surface area contributed by atoms with E-state index < -0.39 is 0 Å².